The minimum atomic E-state index is 0.380. The number of aromatic nitrogens is 3. The topological polar surface area (TPSA) is 91.0 Å². The van der Waals surface area contributed by atoms with E-state index in [0.717, 1.165) is 11.3 Å². The number of nitrogens with two attached hydrogens (primary N) is 1. The van der Waals surface area contributed by atoms with Gasteiger partial charge < -0.3 is 14.7 Å². The minimum Gasteiger partial charge on any atom is -0.469 e. The summed E-state index contributed by atoms with van der Waals surface area (Å²) in [5.41, 5.74) is 7.70. The molecule has 0 spiro atoms. The van der Waals surface area contributed by atoms with Gasteiger partial charge in [0.2, 0.25) is 5.82 Å². The van der Waals surface area contributed by atoms with Gasteiger partial charge in [-0.1, -0.05) is 5.16 Å². The van der Waals surface area contributed by atoms with E-state index in [0.29, 0.717) is 23.0 Å². The Hall–Kier alpha value is -2.63. The SMILES string of the molecule is Cc1occc1-c1noc(-c2cncc(N)c2)n1. The predicted octanol–water partition coefficient (Wildman–Crippen LogP) is 2.28. The van der Waals surface area contributed by atoms with Crippen LogP contribution in [0.4, 0.5) is 5.69 Å². The Kier molecular flexibility index (Phi) is 2.33. The normalized spacial score (nSPS) is 10.7. The Labute approximate surface area is 102 Å². The first-order valence-electron chi connectivity index (χ1n) is 5.33. The molecule has 3 rings (SSSR count). The molecule has 90 valence electrons. The van der Waals surface area contributed by atoms with Gasteiger partial charge in [0.05, 0.1) is 23.1 Å². The summed E-state index contributed by atoms with van der Waals surface area (Å²) < 4.78 is 10.4. The second kappa shape index (κ2) is 3.99. The van der Waals surface area contributed by atoms with Gasteiger partial charge in [0.1, 0.15) is 5.76 Å². The average Bonchev–Trinajstić information content (AvgIpc) is 2.97. The van der Waals surface area contributed by atoms with Crippen LogP contribution in [0.1, 0.15) is 5.76 Å². The third-order valence-corrected chi connectivity index (χ3v) is 2.53. The van der Waals surface area contributed by atoms with Crippen LogP contribution in [0.3, 0.4) is 0 Å². The van der Waals surface area contributed by atoms with Gasteiger partial charge in [0.25, 0.3) is 5.89 Å². The van der Waals surface area contributed by atoms with Gasteiger partial charge in [-0.3, -0.25) is 4.98 Å². The van der Waals surface area contributed by atoms with Crippen molar-refractivity contribution < 1.29 is 8.94 Å². The molecule has 0 aliphatic carbocycles. The Morgan fingerprint density at radius 3 is 2.89 bits per heavy atom. The Morgan fingerprint density at radius 1 is 1.28 bits per heavy atom. The summed E-state index contributed by atoms with van der Waals surface area (Å²) in [7, 11) is 0. The van der Waals surface area contributed by atoms with E-state index in [9.17, 15) is 0 Å². The van der Waals surface area contributed by atoms with Crippen LogP contribution in [0.2, 0.25) is 0 Å². The number of furan rings is 1. The molecule has 2 N–H and O–H groups in total. The summed E-state index contributed by atoms with van der Waals surface area (Å²) in [5.74, 6) is 1.61. The number of nitrogen functional groups attached to an aromatic ring is 1. The molecule has 18 heavy (non-hydrogen) atoms. The van der Waals surface area contributed by atoms with Gasteiger partial charge in [0.15, 0.2) is 0 Å². The standard InChI is InChI=1S/C12H10N4O2/c1-7-10(2-3-17-7)11-15-12(18-16-11)8-4-9(13)6-14-5-8/h2-6H,13H2,1H3. The molecule has 3 aromatic heterocycles. The number of rotatable bonds is 2. The van der Waals surface area contributed by atoms with Gasteiger partial charge >= 0.3 is 0 Å². The van der Waals surface area contributed by atoms with Crippen molar-refractivity contribution in [3.8, 4) is 22.8 Å². The molecular formula is C12H10N4O2. The molecule has 0 aliphatic heterocycles. The maximum absolute atomic E-state index is 5.65. The molecule has 3 heterocycles. The Bertz CT molecular complexity index is 687. The van der Waals surface area contributed by atoms with E-state index in [1.54, 1.807) is 30.8 Å². The molecule has 0 unspecified atom stereocenters. The summed E-state index contributed by atoms with van der Waals surface area (Å²) in [6, 6.07) is 3.52. The van der Waals surface area contributed by atoms with Crippen LogP contribution in [0, 0.1) is 6.92 Å². The first-order chi connectivity index (χ1) is 8.74. The van der Waals surface area contributed by atoms with Gasteiger partial charge in [-0.15, -0.1) is 0 Å². The largest absolute Gasteiger partial charge is 0.469 e. The first-order valence-corrected chi connectivity index (χ1v) is 5.33. The molecule has 0 bridgehead atoms. The van der Waals surface area contributed by atoms with Crippen molar-refractivity contribution in [3.63, 3.8) is 0 Å². The fourth-order valence-corrected chi connectivity index (χ4v) is 1.64. The van der Waals surface area contributed by atoms with Crippen LogP contribution in [0.25, 0.3) is 22.8 Å². The lowest BCUT2D eigenvalue weighted by Crippen LogP contribution is -1.87. The molecule has 0 saturated heterocycles. The zero-order valence-corrected chi connectivity index (χ0v) is 9.62. The van der Waals surface area contributed by atoms with E-state index in [1.807, 2.05) is 6.92 Å². The fourth-order valence-electron chi connectivity index (χ4n) is 1.64. The van der Waals surface area contributed by atoms with Crippen molar-refractivity contribution in [2.75, 3.05) is 5.73 Å². The number of pyridine rings is 1. The lowest BCUT2D eigenvalue weighted by molar-refractivity contribution is 0.432. The second-order valence-corrected chi connectivity index (χ2v) is 3.82. The maximum Gasteiger partial charge on any atom is 0.259 e. The second-order valence-electron chi connectivity index (χ2n) is 3.82. The van der Waals surface area contributed by atoms with Crippen LogP contribution >= 0.6 is 0 Å². The summed E-state index contributed by atoms with van der Waals surface area (Å²) in [5, 5.41) is 3.91. The van der Waals surface area contributed by atoms with E-state index in [2.05, 4.69) is 15.1 Å². The van der Waals surface area contributed by atoms with Crippen molar-refractivity contribution in [2.45, 2.75) is 6.92 Å². The summed E-state index contributed by atoms with van der Waals surface area (Å²) in [4.78, 5) is 8.27. The number of aryl methyl sites for hydroxylation is 1. The number of hydrogen-bond acceptors (Lipinski definition) is 6. The molecule has 0 amide bonds. The molecule has 0 aromatic carbocycles. The lowest BCUT2D eigenvalue weighted by atomic mass is 10.2. The lowest BCUT2D eigenvalue weighted by Gasteiger charge is -1.94. The zero-order chi connectivity index (χ0) is 12.5. The van der Waals surface area contributed by atoms with E-state index >= 15 is 0 Å². The number of nitrogens with zero attached hydrogens (tertiary/aromatic N) is 3. The van der Waals surface area contributed by atoms with Gasteiger partial charge in [-0.2, -0.15) is 4.98 Å². The van der Waals surface area contributed by atoms with Crippen LogP contribution in [-0.4, -0.2) is 15.1 Å². The van der Waals surface area contributed by atoms with E-state index in [-0.39, 0.29) is 0 Å². The van der Waals surface area contributed by atoms with Gasteiger partial charge in [0, 0.05) is 12.4 Å². The summed E-state index contributed by atoms with van der Waals surface area (Å²) in [6.07, 6.45) is 4.76. The zero-order valence-electron chi connectivity index (χ0n) is 9.62. The molecule has 3 aromatic rings. The summed E-state index contributed by atoms with van der Waals surface area (Å²) in [6.45, 7) is 1.84. The highest BCUT2D eigenvalue weighted by atomic mass is 16.5. The van der Waals surface area contributed by atoms with Crippen molar-refractivity contribution in [1.82, 2.24) is 15.1 Å². The molecule has 0 aliphatic rings. The molecule has 0 atom stereocenters. The quantitative estimate of drug-likeness (QED) is 0.741. The Balaban J connectivity index is 2.02. The highest BCUT2D eigenvalue weighted by Gasteiger charge is 2.14. The highest BCUT2D eigenvalue weighted by molar-refractivity contribution is 5.62. The van der Waals surface area contributed by atoms with Crippen LogP contribution in [-0.2, 0) is 0 Å². The van der Waals surface area contributed by atoms with Crippen LogP contribution in [0.15, 0.2) is 39.7 Å². The van der Waals surface area contributed by atoms with Crippen molar-refractivity contribution in [2.24, 2.45) is 0 Å². The average molecular weight is 242 g/mol. The molecule has 6 heteroatoms. The van der Waals surface area contributed by atoms with E-state index < -0.39 is 0 Å². The maximum atomic E-state index is 5.65. The smallest absolute Gasteiger partial charge is 0.259 e. The third kappa shape index (κ3) is 1.73. The molecule has 6 nitrogen and oxygen atoms in total. The van der Waals surface area contributed by atoms with Crippen molar-refractivity contribution in [3.05, 3.63) is 36.5 Å². The van der Waals surface area contributed by atoms with Crippen molar-refractivity contribution in [1.29, 1.82) is 0 Å². The minimum absolute atomic E-state index is 0.380. The molecule has 0 fully saturated rings. The molecular weight excluding hydrogens is 232 g/mol. The van der Waals surface area contributed by atoms with Crippen LogP contribution in [0.5, 0.6) is 0 Å². The van der Waals surface area contributed by atoms with E-state index in [1.165, 1.54) is 0 Å². The monoisotopic (exact) mass is 242 g/mol. The first kappa shape index (κ1) is 10.5. The van der Waals surface area contributed by atoms with Crippen molar-refractivity contribution >= 4 is 5.69 Å². The van der Waals surface area contributed by atoms with E-state index in [4.69, 9.17) is 14.7 Å². The number of anilines is 1. The van der Waals surface area contributed by atoms with Gasteiger partial charge in [-0.05, 0) is 19.1 Å². The Morgan fingerprint density at radius 2 is 2.17 bits per heavy atom. The number of hydrogen-bond donors (Lipinski definition) is 1. The van der Waals surface area contributed by atoms with Crippen LogP contribution < -0.4 is 5.73 Å². The third-order valence-electron chi connectivity index (χ3n) is 2.53. The summed E-state index contributed by atoms with van der Waals surface area (Å²) >= 11 is 0. The predicted molar refractivity (Wildman–Crippen MR) is 64.4 cm³/mol. The molecule has 0 saturated carbocycles. The fraction of sp³-hybridized carbons (Fsp3) is 0.0833. The molecule has 0 radical (unpaired) electrons. The highest BCUT2D eigenvalue weighted by Crippen LogP contribution is 2.25. The van der Waals surface area contributed by atoms with Gasteiger partial charge in [-0.25, -0.2) is 0 Å².